The van der Waals surface area contributed by atoms with Crippen molar-refractivity contribution >= 4 is 21.7 Å². The highest BCUT2D eigenvalue weighted by Crippen LogP contribution is 2.18. The van der Waals surface area contributed by atoms with Crippen molar-refractivity contribution in [2.45, 2.75) is 32.7 Å². The number of hydrogen-bond donors (Lipinski definition) is 1. The standard InChI is InChI=1S/C13H15N5OS/c1-13(2,3)12-15-9(16-17-12)7-18-11(19)8-5-4-6-14-10(8)20-18/h4-6H,7H2,1-3H3,(H,15,16,17). The summed E-state index contributed by atoms with van der Waals surface area (Å²) in [5.41, 5.74) is -0.145. The van der Waals surface area contributed by atoms with E-state index in [-0.39, 0.29) is 11.0 Å². The van der Waals surface area contributed by atoms with Gasteiger partial charge in [-0.25, -0.2) is 9.97 Å². The summed E-state index contributed by atoms with van der Waals surface area (Å²) in [6, 6.07) is 3.56. The lowest BCUT2D eigenvalue weighted by molar-refractivity contribution is 0.547. The van der Waals surface area contributed by atoms with E-state index in [0.29, 0.717) is 17.8 Å². The summed E-state index contributed by atoms with van der Waals surface area (Å²) in [7, 11) is 0. The van der Waals surface area contributed by atoms with Crippen molar-refractivity contribution in [3.63, 3.8) is 0 Å². The molecule has 1 N–H and O–H groups in total. The molecule has 6 nitrogen and oxygen atoms in total. The van der Waals surface area contributed by atoms with Crippen molar-refractivity contribution in [1.29, 1.82) is 0 Å². The molecule has 3 aromatic rings. The molecule has 0 atom stereocenters. The normalized spacial score (nSPS) is 12.2. The summed E-state index contributed by atoms with van der Waals surface area (Å²) in [6.45, 7) is 6.55. The van der Waals surface area contributed by atoms with Gasteiger partial charge in [-0.05, 0) is 23.7 Å². The van der Waals surface area contributed by atoms with Gasteiger partial charge in [-0.15, -0.1) is 0 Å². The van der Waals surface area contributed by atoms with Crippen LogP contribution < -0.4 is 5.56 Å². The molecule has 104 valence electrons. The van der Waals surface area contributed by atoms with E-state index < -0.39 is 0 Å². The van der Waals surface area contributed by atoms with Crippen molar-refractivity contribution in [1.82, 2.24) is 24.1 Å². The summed E-state index contributed by atoms with van der Waals surface area (Å²) >= 11 is 1.34. The molecule has 20 heavy (non-hydrogen) atoms. The lowest BCUT2D eigenvalue weighted by Gasteiger charge is -2.11. The van der Waals surface area contributed by atoms with Gasteiger partial charge >= 0.3 is 0 Å². The fourth-order valence-corrected chi connectivity index (χ4v) is 2.79. The Hall–Kier alpha value is -2.02. The first-order valence-corrected chi connectivity index (χ1v) is 7.09. The van der Waals surface area contributed by atoms with Gasteiger partial charge in [-0.2, -0.15) is 5.10 Å². The third-order valence-electron chi connectivity index (χ3n) is 2.92. The summed E-state index contributed by atoms with van der Waals surface area (Å²) in [6.07, 6.45) is 1.69. The maximum absolute atomic E-state index is 12.2. The Balaban J connectivity index is 1.95. The highest BCUT2D eigenvalue weighted by Gasteiger charge is 2.19. The van der Waals surface area contributed by atoms with Gasteiger partial charge in [-0.1, -0.05) is 20.8 Å². The molecule has 0 amide bonds. The molecule has 0 radical (unpaired) electrons. The van der Waals surface area contributed by atoms with Crippen molar-refractivity contribution in [3.8, 4) is 0 Å². The Bertz CT molecular complexity index is 808. The minimum absolute atomic E-state index is 0.0354. The Kier molecular flexibility index (Phi) is 2.93. The average Bonchev–Trinajstić information content (AvgIpc) is 2.97. The molecule has 0 saturated heterocycles. The Morgan fingerprint density at radius 3 is 2.85 bits per heavy atom. The summed E-state index contributed by atoms with van der Waals surface area (Å²) in [4.78, 5) is 21.6. The first-order chi connectivity index (χ1) is 9.45. The first kappa shape index (κ1) is 13.0. The molecule has 3 aromatic heterocycles. The van der Waals surface area contributed by atoms with Crippen LogP contribution in [0.2, 0.25) is 0 Å². The molecular weight excluding hydrogens is 274 g/mol. The van der Waals surface area contributed by atoms with Gasteiger partial charge in [-0.3, -0.25) is 13.8 Å². The Labute approximate surface area is 119 Å². The van der Waals surface area contributed by atoms with Crippen LogP contribution in [0.4, 0.5) is 0 Å². The molecule has 3 rings (SSSR count). The van der Waals surface area contributed by atoms with E-state index in [1.165, 1.54) is 11.5 Å². The second-order valence-electron chi connectivity index (χ2n) is 5.64. The molecular formula is C13H15N5OS. The molecule has 0 aliphatic heterocycles. The van der Waals surface area contributed by atoms with E-state index in [1.807, 2.05) is 0 Å². The van der Waals surface area contributed by atoms with Crippen LogP contribution in [0.15, 0.2) is 23.1 Å². The van der Waals surface area contributed by atoms with Crippen molar-refractivity contribution in [2.24, 2.45) is 0 Å². The largest absolute Gasteiger partial charge is 0.270 e. The smallest absolute Gasteiger partial charge is 0.268 e. The monoisotopic (exact) mass is 289 g/mol. The first-order valence-electron chi connectivity index (χ1n) is 6.32. The van der Waals surface area contributed by atoms with Crippen LogP contribution >= 0.6 is 11.5 Å². The van der Waals surface area contributed by atoms with Crippen LogP contribution in [-0.2, 0) is 12.0 Å². The summed E-state index contributed by atoms with van der Waals surface area (Å²) < 4.78 is 1.64. The van der Waals surface area contributed by atoms with Gasteiger partial charge in [0.2, 0.25) is 0 Å². The van der Waals surface area contributed by atoms with Gasteiger partial charge < -0.3 is 0 Å². The zero-order valence-electron chi connectivity index (χ0n) is 11.5. The zero-order valence-corrected chi connectivity index (χ0v) is 12.4. The third kappa shape index (κ3) is 2.24. The van der Waals surface area contributed by atoms with Gasteiger partial charge in [0.25, 0.3) is 5.56 Å². The molecule has 7 heteroatoms. The number of H-pyrrole nitrogens is 1. The maximum atomic E-state index is 12.2. The van der Waals surface area contributed by atoms with E-state index in [9.17, 15) is 4.79 Å². The molecule has 0 unspecified atom stereocenters. The molecule has 0 spiro atoms. The van der Waals surface area contributed by atoms with E-state index in [0.717, 1.165) is 10.7 Å². The second kappa shape index (κ2) is 4.52. The zero-order chi connectivity index (χ0) is 14.3. The highest BCUT2D eigenvalue weighted by molar-refractivity contribution is 7.13. The molecule has 0 bridgehead atoms. The number of nitrogens with zero attached hydrogens (tertiary/aromatic N) is 4. The fourth-order valence-electron chi connectivity index (χ4n) is 1.85. The number of pyridine rings is 1. The Morgan fingerprint density at radius 1 is 1.40 bits per heavy atom. The number of aromatic amines is 1. The SMILES string of the molecule is CC(C)(C)c1n[nH]c(Cn2sc3ncccc3c2=O)n1. The number of aromatic nitrogens is 5. The predicted molar refractivity (Wildman–Crippen MR) is 78.1 cm³/mol. The van der Waals surface area contributed by atoms with Crippen molar-refractivity contribution in [3.05, 3.63) is 40.3 Å². The molecule has 0 aromatic carbocycles. The van der Waals surface area contributed by atoms with E-state index in [1.54, 1.807) is 22.3 Å². The second-order valence-corrected chi connectivity index (χ2v) is 6.65. The van der Waals surface area contributed by atoms with Crippen LogP contribution in [-0.4, -0.2) is 24.1 Å². The number of nitrogens with one attached hydrogen (secondary N) is 1. The van der Waals surface area contributed by atoms with Gasteiger partial charge in [0.15, 0.2) is 5.82 Å². The fraction of sp³-hybridized carbons (Fsp3) is 0.385. The molecule has 0 aliphatic rings. The topological polar surface area (TPSA) is 76.5 Å². The van der Waals surface area contributed by atoms with E-state index >= 15 is 0 Å². The summed E-state index contributed by atoms with van der Waals surface area (Å²) in [5.74, 6) is 1.43. The van der Waals surface area contributed by atoms with Gasteiger partial charge in [0, 0.05) is 11.6 Å². The maximum Gasteiger partial charge on any atom is 0.270 e. The van der Waals surface area contributed by atoms with Crippen LogP contribution in [0.3, 0.4) is 0 Å². The minimum atomic E-state index is -0.110. The third-order valence-corrected chi connectivity index (χ3v) is 3.93. The number of fused-ring (bicyclic) bond motifs is 1. The number of hydrogen-bond acceptors (Lipinski definition) is 5. The van der Waals surface area contributed by atoms with Crippen molar-refractivity contribution < 1.29 is 0 Å². The number of rotatable bonds is 2. The molecule has 0 fully saturated rings. The average molecular weight is 289 g/mol. The summed E-state index contributed by atoms with van der Waals surface area (Å²) in [5, 5.41) is 7.75. The van der Waals surface area contributed by atoms with Crippen LogP contribution in [0.25, 0.3) is 10.2 Å². The molecule has 3 heterocycles. The van der Waals surface area contributed by atoms with Crippen LogP contribution in [0.1, 0.15) is 32.4 Å². The van der Waals surface area contributed by atoms with Crippen LogP contribution in [0.5, 0.6) is 0 Å². The lowest BCUT2D eigenvalue weighted by atomic mass is 9.96. The lowest BCUT2D eigenvalue weighted by Crippen LogP contribution is -2.15. The van der Waals surface area contributed by atoms with E-state index in [4.69, 9.17) is 0 Å². The Morgan fingerprint density at radius 2 is 2.20 bits per heavy atom. The molecule has 0 aliphatic carbocycles. The quantitative estimate of drug-likeness (QED) is 0.782. The highest BCUT2D eigenvalue weighted by atomic mass is 32.1. The predicted octanol–water partition coefficient (Wildman–Crippen LogP) is 1.92. The van der Waals surface area contributed by atoms with Gasteiger partial charge in [0.1, 0.15) is 10.7 Å². The van der Waals surface area contributed by atoms with Gasteiger partial charge in [0.05, 0.1) is 11.9 Å². The molecule has 0 saturated carbocycles. The minimum Gasteiger partial charge on any atom is -0.268 e. The van der Waals surface area contributed by atoms with E-state index in [2.05, 4.69) is 40.9 Å². The van der Waals surface area contributed by atoms with Crippen LogP contribution in [0, 0.1) is 0 Å². The van der Waals surface area contributed by atoms with Crippen molar-refractivity contribution in [2.75, 3.05) is 0 Å².